The van der Waals surface area contributed by atoms with Crippen molar-refractivity contribution < 1.29 is 4.79 Å². The fourth-order valence-corrected chi connectivity index (χ4v) is 1.48. The first kappa shape index (κ1) is 11.5. The standard InChI is InChI=1S/C11H22N2O/c1-4-13(7-9-5-6-9)11(14)10(12)8(2)3/h8-10H,4-7,12H2,1-3H3/t10-/m0/s1. The lowest BCUT2D eigenvalue weighted by Crippen LogP contribution is -2.47. The number of nitrogens with two attached hydrogens (primary N) is 1. The molecule has 3 heteroatoms. The summed E-state index contributed by atoms with van der Waals surface area (Å²) < 4.78 is 0. The molecule has 0 bridgehead atoms. The van der Waals surface area contributed by atoms with Crippen molar-refractivity contribution >= 4 is 5.91 Å². The summed E-state index contributed by atoms with van der Waals surface area (Å²) in [5, 5.41) is 0. The van der Waals surface area contributed by atoms with Crippen molar-refractivity contribution in [3.8, 4) is 0 Å². The lowest BCUT2D eigenvalue weighted by atomic mass is 10.0. The molecule has 0 heterocycles. The maximum absolute atomic E-state index is 11.9. The summed E-state index contributed by atoms with van der Waals surface area (Å²) >= 11 is 0. The van der Waals surface area contributed by atoms with Crippen LogP contribution in [0.4, 0.5) is 0 Å². The Morgan fingerprint density at radius 3 is 2.43 bits per heavy atom. The summed E-state index contributed by atoms with van der Waals surface area (Å²) in [7, 11) is 0. The summed E-state index contributed by atoms with van der Waals surface area (Å²) in [6.07, 6.45) is 2.56. The van der Waals surface area contributed by atoms with Crippen LogP contribution >= 0.6 is 0 Å². The second kappa shape index (κ2) is 4.78. The largest absolute Gasteiger partial charge is 0.341 e. The van der Waals surface area contributed by atoms with Gasteiger partial charge < -0.3 is 10.6 Å². The van der Waals surface area contributed by atoms with Gasteiger partial charge in [0.25, 0.3) is 0 Å². The van der Waals surface area contributed by atoms with E-state index in [-0.39, 0.29) is 17.9 Å². The molecule has 0 saturated heterocycles. The smallest absolute Gasteiger partial charge is 0.239 e. The molecule has 1 fully saturated rings. The van der Waals surface area contributed by atoms with Crippen LogP contribution in [0.5, 0.6) is 0 Å². The number of amides is 1. The minimum Gasteiger partial charge on any atom is -0.341 e. The Bertz CT molecular complexity index is 199. The van der Waals surface area contributed by atoms with Crippen LogP contribution in [-0.2, 0) is 4.79 Å². The van der Waals surface area contributed by atoms with Crippen molar-refractivity contribution in [1.82, 2.24) is 4.90 Å². The third-order valence-electron chi connectivity index (χ3n) is 2.87. The molecule has 3 nitrogen and oxygen atoms in total. The van der Waals surface area contributed by atoms with Crippen LogP contribution in [0, 0.1) is 11.8 Å². The molecule has 0 aromatic heterocycles. The highest BCUT2D eigenvalue weighted by Gasteiger charge is 2.28. The molecule has 0 unspecified atom stereocenters. The molecule has 2 N–H and O–H groups in total. The fourth-order valence-electron chi connectivity index (χ4n) is 1.48. The van der Waals surface area contributed by atoms with Crippen molar-refractivity contribution in [3.63, 3.8) is 0 Å². The molecule has 1 atom stereocenters. The molecule has 0 aliphatic heterocycles. The van der Waals surface area contributed by atoms with Gasteiger partial charge in [0, 0.05) is 13.1 Å². The van der Waals surface area contributed by atoms with Gasteiger partial charge in [-0.25, -0.2) is 0 Å². The van der Waals surface area contributed by atoms with Crippen LogP contribution in [0.1, 0.15) is 33.6 Å². The molecule has 82 valence electrons. The van der Waals surface area contributed by atoms with E-state index in [0.717, 1.165) is 19.0 Å². The molecule has 1 aliphatic carbocycles. The number of rotatable bonds is 5. The van der Waals surface area contributed by atoms with E-state index in [1.807, 2.05) is 25.7 Å². The summed E-state index contributed by atoms with van der Waals surface area (Å²) in [5.74, 6) is 1.10. The Balaban J connectivity index is 2.45. The second-order valence-corrected chi connectivity index (χ2v) is 4.59. The molecule has 1 amide bonds. The summed E-state index contributed by atoms with van der Waals surface area (Å²) in [6, 6.07) is -0.325. The normalized spacial score (nSPS) is 18.4. The van der Waals surface area contributed by atoms with Crippen LogP contribution in [-0.4, -0.2) is 29.9 Å². The predicted molar refractivity (Wildman–Crippen MR) is 57.8 cm³/mol. The number of nitrogens with zero attached hydrogens (tertiary/aromatic N) is 1. The number of likely N-dealkylation sites (N-methyl/N-ethyl adjacent to an activating group) is 1. The average Bonchev–Trinajstić information content (AvgIpc) is 2.95. The van der Waals surface area contributed by atoms with Gasteiger partial charge in [-0.1, -0.05) is 13.8 Å². The molecule has 0 aromatic carbocycles. The topological polar surface area (TPSA) is 46.3 Å². The number of hydrogen-bond acceptors (Lipinski definition) is 2. The highest BCUT2D eigenvalue weighted by atomic mass is 16.2. The SMILES string of the molecule is CCN(CC1CC1)C(=O)[C@@H](N)C(C)C. The zero-order valence-corrected chi connectivity index (χ0v) is 9.49. The zero-order chi connectivity index (χ0) is 10.7. The van der Waals surface area contributed by atoms with E-state index in [9.17, 15) is 4.79 Å². The minimum absolute atomic E-state index is 0.120. The van der Waals surface area contributed by atoms with Crippen molar-refractivity contribution in [2.24, 2.45) is 17.6 Å². The molecule has 0 spiro atoms. The first-order valence-electron chi connectivity index (χ1n) is 5.60. The van der Waals surface area contributed by atoms with E-state index in [0.29, 0.717) is 0 Å². The van der Waals surface area contributed by atoms with Crippen LogP contribution in [0.3, 0.4) is 0 Å². The van der Waals surface area contributed by atoms with Gasteiger partial charge in [0.1, 0.15) is 0 Å². The lowest BCUT2D eigenvalue weighted by molar-refractivity contribution is -0.133. The van der Waals surface area contributed by atoms with Gasteiger partial charge in [0.2, 0.25) is 5.91 Å². The number of carbonyl (C=O) groups is 1. The highest BCUT2D eigenvalue weighted by molar-refractivity contribution is 5.81. The van der Waals surface area contributed by atoms with Gasteiger partial charge in [0.05, 0.1) is 6.04 Å². The third kappa shape index (κ3) is 2.98. The highest BCUT2D eigenvalue weighted by Crippen LogP contribution is 2.29. The summed E-state index contributed by atoms with van der Waals surface area (Å²) in [6.45, 7) is 7.71. The molecule has 0 aromatic rings. The quantitative estimate of drug-likeness (QED) is 0.722. The van der Waals surface area contributed by atoms with Crippen molar-refractivity contribution in [3.05, 3.63) is 0 Å². The van der Waals surface area contributed by atoms with E-state index in [1.54, 1.807) is 0 Å². The van der Waals surface area contributed by atoms with Gasteiger partial charge >= 0.3 is 0 Å². The Labute approximate surface area is 86.6 Å². The van der Waals surface area contributed by atoms with E-state index in [4.69, 9.17) is 5.73 Å². The van der Waals surface area contributed by atoms with Gasteiger partial charge in [-0.15, -0.1) is 0 Å². The maximum Gasteiger partial charge on any atom is 0.239 e. The Kier molecular flexibility index (Phi) is 3.93. The van der Waals surface area contributed by atoms with Gasteiger partial charge in [-0.3, -0.25) is 4.79 Å². The second-order valence-electron chi connectivity index (χ2n) is 4.59. The third-order valence-corrected chi connectivity index (χ3v) is 2.87. The number of hydrogen-bond donors (Lipinski definition) is 1. The molecule has 14 heavy (non-hydrogen) atoms. The molecular formula is C11H22N2O. The first-order chi connectivity index (χ1) is 6.56. The van der Waals surface area contributed by atoms with E-state index in [1.165, 1.54) is 12.8 Å². The molecule has 1 saturated carbocycles. The van der Waals surface area contributed by atoms with Gasteiger partial charge in [0.15, 0.2) is 0 Å². The van der Waals surface area contributed by atoms with E-state index in [2.05, 4.69) is 0 Å². The minimum atomic E-state index is -0.325. The fraction of sp³-hybridized carbons (Fsp3) is 0.909. The molecule has 1 aliphatic rings. The van der Waals surface area contributed by atoms with Crippen molar-refractivity contribution in [1.29, 1.82) is 0 Å². The Hall–Kier alpha value is -0.570. The van der Waals surface area contributed by atoms with Crippen LogP contribution in [0.15, 0.2) is 0 Å². The van der Waals surface area contributed by atoms with Gasteiger partial charge in [-0.2, -0.15) is 0 Å². The van der Waals surface area contributed by atoms with Crippen LogP contribution in [0.2, 0.25) is 0 Å². The van der Waals surface area contributed by atoms with Crippen LogP contribution < -0.4 is 5.73 Å². The van der Waals surface area contributed by atoms with Crippen molar-refractivity contribution in [2.45, 2.75) is 39.7 Å². The van der Waals surface area contributed by atoms with Crippen LogP contribution in [0.25, 0.3) is 0 Å². The van der Waals surface area contributed by atoms with E-state index >= 15 is 0 Å². The average molecular weight is 198 g/mol. The first-order valence-corrected chi connectivity index (χ1v) is 5.60. The molecule has 0 radical (unpaired) electrons. The lowest BCUT2D eigenvalue weighted by Gasteiger charge is -2.26. The van der Waals surface area contributed by atoms with Gasteiger partial charge in [-0.05, 0) is 31.6 Å². The Morgan fingerprint density at radius 2 is 2.07 bits per heavy atom. The molecule has 1 rings (SSSR count). The van der Waals surface area contributed by atoms with E-state index < -0.39 is 0 Å². The monoisotopic (exact) mass is 198 g/mol. The molecular weight excluding hydrogens is 176 g/mol. The predicted octanol–water partition coefficient (Wildman–Crippen LogP) is 1.23. The summed E-state index contributed by atoms with van der Waals surface area (Å²) in [5.41, 5.74) is 5.84. The van der Waals surface area contributed by atoms with Crippen molar-refractivity contribution in [2.75, 3.05) is 13.1 Å². The maximum atomic E-state index is 11.9. The summed E-state index contributed by atoms with van der Waals surface area (Å²) in [4.78, 5) is 13.8. The number of carbonyl (C=O) groups excluding carboxylic acids is 1. The Morgan fingerprint density at radius 1 is 1.50 bits per heavy atom. The zero-order valence-electron chi connectivity index (χ0n) is 9.49.